The summed E-state index contributed by atoms with van der Waals surface area (Å²) in [6, 6.07) is 0.400. The first-order chi connectivity index (χ1) is 9.37. The van der Waals surface area contributed by atoms with E-state index >= 15 is 0 Å². The van der Waals surface area contributed by atoms with Gasteiger partial charge in [-0.15, -0.1) is 0 Å². The highest BCUT2D eigenvalue weighted by atomic mass is 16.5. The fourth-order valence-electron chi connectivity index (χ4n) is 2.65. The van der Waals surface area contributed by atoms with Gasteiger partial charge in [0.05, 0.1) is 6.54 Å². The molecule has 0 aromatic carbocycles. The van der Waals surface area contributed by atoms with Crippen LogP contribution in [0.3, 0.4) is 0 Å². The number of nitrogens with one attached hydrogen (secondary N) is 1. The summed E-state index contributed by atoms with van der Waals surface area (Å²) in [4.78, 5) is 4.53. The summed E-state index contributed by atoms with van der Waals surface area (Å²) in [5, 5.41) is 7.44. The predicted octanol–water partition coefficient (Wildman–Crippen LogP) is 3.01. The first kappa shape index (κ1) is 15.4. The number of aromatic nitrogens is 2. The molecule has 20 heavy (non-hydrogen) atoms. The highest BCUT2D eigenvalue weighted by molar-refractivity contribution is 5.05. The molecule has 0 saturated heterocycles. The first-order valence-electron chi connectivity index (χ1n) is 7.48. The summed E-state index contributed by atoms with van der Waals surface area (Å²) < 4.78 is 11.1. The van der Waals surface area contributed by atoms with E-state index in [0.29, 0.717) is 29.7 Å². The molecule has 1 aromatic heterocycles. The fraction of sp³-hybridized carbons (Fsp3) is 0.867. The lowest BCUT2D eigenvalue weighted by Gasteiger charge is -2.40. The molecule has 1 N–H and O–H groups in total. The normalized spacial score (nSPS) is 21.3. The maximum absolute atomic E-state index is 5.79. The Kier molecular flexibility index (Phi) is 4.49. The Hall–Kier alpha value is -0.940. The molecule has 1 aliphatic carbocycles. The largest absolute Gasteiger partial charge is 0.370 e. The van der Waals surface area contributed by atoms with E-state index in [1.165, 1.54) is 0 Å². The smallest absolute Gasteiger partial charge is 0.240 e. The summed E-state index contributed by atoms with van der Waals surface area (Å²) in [7, 11) is 1.75. The van der Waals surface area contributed by atoms with Gasteiger partial charge in [-0.2, -0.15) is 4.98 Å². The van der Waals surface area contributed by atoms with Gasteiger partial charge in [-0.1, -0.05) is 32.9 Å². The van der Waals surface area contributed by atoms with Crippen LogP contribution < -0.4 is 5.32 Å². The third kappa shape index (κ3) is 3.38. The molecule has 114 valence electrons. The van der Waals surface area contributed by atoms with E-state index in [-0.39, 0.29) is 5.60 Å². The minimum Gasteiger partial charge on any atom is -0.370 e. The quantitative estimate of drug-likeness (QED) is 0.899. The Bertz CT molecular complexity index is 430. The molecule has 0 radical (unpaired) electrons. The van der Waals surface area contributed by atoms with Crippen molar-refractivity contribution in [3.63, 3.8) is 0 Å². The summed E-state index contributed by atoms with van der Waals surface area (Å²) in [5.41, 5.74) is 0.0168. The highest BCUT2D eigenvalue weighted by Crippen LogP contribution is 2.46. The van der Waals surface area contributed by atoms with Crippen LogP contribution in [-0.2, 0) is 16.9 Å². The molecule has 0 atom stereocenters. The standard InChI is InChI=1S/C15H27N3O2/c1-11(2)16-10-12-17-13(18-20-12)15(19-5)8-6-14(3,4)7-9-15/h11,16H,6-10H2,1-5H3. The summed E-state index contributed by atoms with van der Waals surface area (Å²) in [6.45, 7) is 9.41. The van der Waals surface area contributed by atoms with Gasteiger partial charge in [-0.25, -0.2) is 0 Å². The van der Waals surface area contributed by atoms with Crippen LogP contribution in [0.2, 0.25) is 0 Å². The summed E-state index contributed by atoms with van der Waals surface area (Å²) in [5.74, 6) is 1.34. The number of rotatable bonds is 5. The second-order valence-electron chi connectivity index (χ2n) is 6.91. The Morgan fingerprint density at radius 3 is 2.45 bits per heavy atom. The average molecular weight is 281 g/mol. The zero-order valence-electron chi connectivity index (χ0n) is 13.3. The van der Waals surface area contributed by atoms with Crippen molar-refractivity contribution in [3.05, 3.63) is 11.7 Å². The molecule has 0 bridgehead atoms. The van der Waals surface area contributed by atoms with E-state index in [4.69, 9.17) is 9.26 Å². The van der Waals surface area contributed by atoms with E-state index in [2.05, 4.69) is 43.2 Å². The molecule has 0 amide bonds. The Balaban J connectivity index is 2.08. The lowest BCUT2D eigenvalue weighted by molar-refractivity contribution is -0.0740. The first-order valence-corrected chi connectivity index (χ1v) is 7.48. The second kappa shape index (κ2) is 5.82. The van der Waals surface area contributed by atoms with Crippen LogP contribution in [0.1, 0.15) is 65.1 Å². The van der Waals surface area contributed by atoms with Gasteiger partial charge in [-0.05, 0) is 31.1 Å². The molecule has 1 fully saturated rings. The summed E-state index contributed by atoms with van der Waals surface area (Å²) >= 11 is 0. The molecule has 0 aliphatic heterocycles. The molecular formula is C15H27N3O2. The molecule has 1 saturated carbocycles. The van der Waals surface area contributed by atoms with Crippen molar-refractivity contribution in [2.24, 2.45) is 5.41 Å². The maximum Gasteiger partial charge on any atom is 0.240 e. The Morgan fingerprint density at radius 1 is 1.25 bits per heavy atom. The molecule has 5 nitrogen and oxygen atoms in total. The topological polar surface area (TPSA) is 60.2 Å². The number of ether oxygens (including phenoxy) is 1. The van der Waals surface area contributed by atoms with Crippen LogP contribution in [0, 0.1) is 5.41 Å². The molecular weight excluding hydrogens is 254 g/mol. The van der Waals surface area contributed by atoms with Crippen molar-refractivity contribution in [2.75, 3.05) is 7.11 Å². The van der Waals surface area contributed by atoms with Gasteiger partial charge < -0.3 is 14.6 Å². The van der Waals surface area contributed by atoms with Crippen LogP contribution in [0.25, 0.3) is 0 Å². The lowest BCUT2D eigenvalue weighted by Crippen LogP contribution is -2.37. The molecule has 5 heteroatoms. The van der Waals surface area contributed by atoms with Gasteiger partial charge in [0.1, 0.15) is 5.60 Å². The Morgan fingerprint density at radius 2 is 1.90 bits per heavy atom. The SMILES string of the molecule is COC1(c2noc(CNC(C)C)n2)CCC(C)(C)CC1. The van der Waals surface area contributed by atoms with Gasteiger partial charge in [0, 0.05) is 13.2 Å². The molecule has 2 rings (SSSR count). The van der Waals surface area contributed by atoms with Gasteiger partial charge >= 0.3 is 0 Å². The van der Waals surface area contributed by atoms with E-state index < -0.39 is 0 Å². The second-order valence-corrected chi connectivity index (χ2v) is 6.91. The monoisotopic (exact) mass is 281 g/mol. The molecule has 1 aliphatic rings. The van der Waals surface area contributed by atoms with Crippen LogP contribution in [0.5, 0.6) is 0 Å². The zero-order chi connectivity index (χ0) is 14.8. The van der Waals surface area contributed by atoms with Gasteiger partial charge in [0.2, 0.25) is 11.7 Å². The zero-order valence-corrected chi connectivity index (χ0v) is 13.3. The van der Waals surface area contributed by atoms with Crippen LogP contribution >= 0.6 is 0 Å². The van der Waals surface area contributed by atoms with Gasteiger partial charge in [-0.3, -0.25) is 0 Å². The number of hydrogen-bond acceptors (Lipinski definition) is 5. The fourth-order valence-corrected chi connectivity index (χ4v) is 2.65. The van der Waals surface area contributed by atoms with Crippen molar-refractivity contribution in [1.82, 2.24) is 15.5 Å². The molecule has 1 aromatic rings. The van der Waals surface area contributed by atoms with Crippen LogP contribution in [0.4, 0.5) is 0 Å². The minimum atomic E-state index is -0.366. The van der Waals surface area contributed by atoms with Crippen LogP contribution in [0.15, 0.2) is 4.52 Å². The summed E-state index contributed by atoms with van der Waals surface area (Å²) in [6.07, 6.45) is 4.14. The molecule has 0 spiro atoms. The Labute approximate surface area is 121 Å². The number of methoxy groups -OCH3 is 1. The molecule has 0 unspecified atom stereocenters. The highest BCUT2D eigenvalue weighted by Gasteiger charge is 2.43. The molecule has 1 heterocycles. The maximum atomic E-state index is 5.79. The van der Waals surface area contributed by atoms with Crippen molar-refractivity contribution in [3.8, 4) is 0 Å². The van der Waals surface area contributed by atoms with Gasteiger partial charge in [0.25, 0.3) is 0 Å². The van der Waals surface area contributed by atoms with E-state index in [9.17, 15) is 0 Å². The van der Waals surface area contributed by atoms with Crippen molar-refractivity contribution < 1.29 is 9.26 Å². The van der Waals surface area contributed by atoms with Crippen LogP contribution in [-0.4, -0.2) is 23.3 Å². The minimum absolute atomic E-state index is 0.366. The predicted molar refractivity (Wildman–Crippen MR) is 77.2 cm³/mol. The number of hydrogen-bond donors (Lipinski definition) is 1. The average Bonchev–Trinajstić information content (AvgIpc) is 2.86. The third-order valence-corrected chi connectivity index (χ3v) is 4.34. The number of nitrogens with zero attached hydrogens (tertiary/aromatic N) is 2. The van der Waals surface area contributed by atoms with E-state index in [1.807, 2.05) is 0 Å². The van der Waals surface area contributed by atoms with Crippen molar-refractivity contribution in [2.45, 2.75) is 71.6 Å². The van der Waals surface area contributed by atoms with Crippen molar-refractivity contribution in [1.29, 1.82) is 0 Å². The van der Waals surface area contributed by atoms with E-state index in [0.717, 1.165) is 25.7 Å². The lowest BCUT2D eigenvalue weighted by atomic mass is 9.70. The van der Waals surface area contributed by atoms with Gasteiger partial charge in [0.15, 0.2) is 0 Å². The third-order valence-electron chi connectivity index (χ3n) is 4.34. The van der Waals surface area contributed by atoms with E-state index in [1.54, 1.807) is 7.11 Å². The van der Waals surface area contributed by atoms with Crippen molar-refractivity contribution >= 4 is 0 Å².